The molecule has 1 aliphatic heterocycles. The van der Waals surface area contributed by atoms with Crippen LogP contribution in [0.3, 0.4) is 0 Å². The molecule has 2 N–H and O–H groups in total. The van der Waals surface area contributed by atoms with Gasteiger partial charge in [-0.2, -0.15) is 0 Å². The predicted octanol–water partition coefficient (Wildman–Crippen LogP) is 3.56. The highest BCUT2D eigenvalue weighted by atomic mass is 16.6. The molecule has 7 atom stereocenters. The molecule has 5 nitrogen and oxygen atoms in total. The lowest BCUT2D eigenvalue weighted by Gasteiger charge is -2.60. The number of carboxylic acid groups (broad SMARTS) is 2. The molecule has 0 amide bonds. The van der Waals surface area contributed by atoms with Crippen molar-refractivity contribution in [3.05, 3.63) is 0 Å². The minimum atomic E-state index is -0.922. The maximum atomic E-state index is 12.0. The Morgan fingerprint density at radius 2 is 1.84 bits per heavy atom. The van der Waals surface area contributed by atoms with Crippen LogP contribution < -0.4 is 0 Å². The molecule has 1 spiro atoms. The molecule has 140 valence electrons. The first-order valence-corrected chi connectivity index (χ1v) is 9.61. The van der Waals surface area contributed by atoms with Crippen LogP contribution in [0.2, 0.25) is 0 Å². The van der Waals surface area contributed by atoms with E-state index in [9.17, 15) is 19.8 Å². The van der Waals surface area contributed by atoms with Crippen LogP contribution in [-0.4, -0.2) is 33.9 Å². The van der Waals surface area contributed by atoms with Gasteiger partial charge in [0.05, 0.1) is 23.5 Å². The first kappa shape index (κ1) is 17.3. The lowest BCUT2D eigenvalue weighted by atomic mass is 9.43. The number of hydrogen-bond acceptors (Lipinski definition) is 3. The molecule has 0 radical (unpaired) electrons. The highest BCUT2D eigenvalue weighted by Crippen LogP contribution is 2.77. The summed E-state index contributed by atoms with van der Waals surface area (Å²) >= 11 is 0. The van der Waals surface area contributed by atoms with Gasteiger partial charge in [-0.3, -0.25) is 9.59 Å². The Balaban J connectivity index is 1.78. The van der Waals surface area contributed by atoms with Gasteiger partial charge in [0.2, 0.25) is 0 Å². The fraction of sp³-hybridized carbons (Fsp3) is 0.900. The van der Waals surface area contributed by atoms with E-state index in [2.05, 4.69) is 13.8 Å². The number of carboxylic acids is 2. The van der Waals surface area contributed by atoms with E-state index in [0.29, 0.717) is 5.92 Å². The van der Waals surface area contributed by atoms with Crippen molar-refractivity contribution in [3.63, 3.8) is 0 Å². The molecule has 0 aromatic rings. The second-order valence-corrected chi connectivity index (χ2v) is 10.1. The van der Waals surface area contributed by atoms with Crippen LogP contribution in [0.25, 0.3) is 0 Å². The van der Waals surface area contributed by atoms with Gasteiger partial charge >= 0.3 is 11.9 Å². The molecule has 4 rings (SSSR count). The van der Waals surface area contributed by atoms with Crippen LogP contribution in [0.5, 0.6) is 0 Å². The Hall–Kier alpha value is -1.10. The van der Waals surface area contributed by atoms with Gasteiger partial charge in [0, 0.05) is 5.41 Å². The molecule has 5 heteroatoms. The zero-order chi connectivity index (χ0) is 18.4. The van der Waals surface area contributed by atoms with Crippen molar-refractivity contribution < 1.29 is 24.5 Å². The van der Waals surface area contributed by atoms with E-state index in [1.807, 2.05) is 0 Å². The summed E-state index contributed by atoms with van der Waals surface area (Å²) in [6, 6.07) is 0. The standard InChI is InChI=1S/C20H30O5/c1-17(2,16(23)24)12-7-8-20-9-11(19(4)15(20)25-19)5-6-13(20)18(12,3)10-14(21)22/h11-13,15H,5-10H2,1-4H3,(H,21,22)(H,23,24). The fourth-order valence-corrected chi connectivity index (χ4v) is 7.64. The van der Waals surface area contributed by atoms with Crippen molar-refractivity contribution >= 4 is 11.9 Å². The molecule has 4 fully saturated rings. The van der Waals surface area contributed by atoms with Crippen molar-refractivity contribution in [2.24, 2.45) is 34.0 Å². The molecule has 7 unspecified atom stereocenters. The van der Waals surface area contributed by atoms with Crippen LogP contribution in [0.4, 0.5) is 0 Å². The lowest BCUT2D eigenvalue weighted by Crippen LogP contribution is -2.57. The molecule has 4 aliphatic rings. The quantitative estimate of drug-likeness (QED) is 0.757. The Morgan fingerprint density at radius 3 is 2.44 bits per heavy atom. The maximum Gasteiger partial charge on any atom is 0.309 e. The van der Waals surface area contributed by atoms with Gasteiger partial charge in [-0.05, 0) is 76.0 Å². The summed E-state index contributed by atoms with van der Waals surface area (Å²) in [7, 11) is 0. The number of hydrogen-bond donors (Lipinski definition) is 2. The molecule has 25 heavy (non-hydrogen) atoms. The van der Waals surface area contributed by atoms with E-state index in [-0.39, 0.29) is 35.4 Å². The van der Waals surface area contributed by atoms with Gasteiger partial charge in [-0.25, -0.2) is 0 Å². The molecular formula is C20H30O5. The summed E-state index contributed by atoms with van der Waals surface area (Å²) in [6.45, 7) is 7.83. The molecule has 1 heterocycles. The summed E-state index contributed by atoms with van der Waals surface area (Å²) in [4.78, 5) is 23.7. The number of ether oxygens (including phenoxy) is 1. The van der Waals surface area contributed by atoms with Crippen LogP contribution >= 0.6 is 0 Å². The average molecular weight is 350 g/mol. The minimum absolute atomic E-state index is 0.00592. The minimum Gasteiger partial charge on any atom is -0.481 e. The number of fused-ring (bicyclic) bond motifs is 3. The van der Waals surface area contributed by atoms with E-state index in [0.717, 1.165) is 32.1 Å². The highest BCUT2D eigenvalue weighted by molar-refractivity contribution is 5.75. The summed E-state index contributed by atoms with van der Waals surface area (Å²) in [5, 5.41) is 19.5. The number of carbonyl (C=O) groups is 2. The van der Waals surface area contributed by atoms with E-state index in [4.69, 9.17) is 4.74 Å². The van der Waals surface area contributed by atoms with Gasteiger partial charge in [0.1, 0.15) is 0 Å². The van der Waals surface area contributed by atoms with Crippen LogP contribution in [0.15, 0.2) is 0 Å². The first-order valence-electron chi connectivity index (χ1n) is 9.61. The van der Waals surface area contributed by atoms with Crippen LogP contribution in [0, 0.1) is 34.0 Å². The van der Waals surface area contributed by atoms with Crippen LogP contribution in [0.1, 0.15) is 66.2 Å². The Morgan fingerprint density at radius 1 is 1.16 bits per heavy atom. The number of aliphatic carboxylic acids is 2. The summed E-state index contributed by atoms with van der Waals surface area (Å²) < 4.78 is 6.17. The van der Waals surface area contributed by atoms with Gasteiger partial charge in [-0.1, -0.05) is 6.92 Å². The van der Waals surface area contributed by atoms with E-state index in [1.165, 1.54) is 0 Å². The number of rotatable bonds is 4. The molecule has 0 aromatic heterocycles. The van der Waals surface area contributed by atoms with E-state index in [1.54, 1.807) is 13.8 Å². The summed E-state index contributed by atoms with van der Waals surface area (Å²) in [5.74, 6) is -0.944. The molecule has 1 saturated heterocycles. The highest BCUT2D eigenvalue weighted by Gasteiger charge is 2.78. The Labute approximate surface area is 149 Å². The topological polar surface area (TPSA) is 87.1 Å². The van der Waals surface area contributed by atoms with Gasteiger partial charge in [-0.15, -0.1) is 0 Å². The van der Waals surface area contributed by atoms with Gasteiger partial charge < -0.3 is 14.9 Å². The zero-order valence-corrected chi connectivity index (χ0v) is 15.7. The predicted molar refractivity (Wildman–Crippen MR) is 91.0 cm³/mol. The fourth-order valence-electron chi connectivity index (χ4n) is 7.64. The molecule has 3 saturated carbocycles. The molecule has 0 aromatic carbocycles. The van der Waals surface area contributed by atoms with Crippen molar-refractivity contribution in [2.75, 3.05) is 0 Å². The van der Waals surface area contributed by atoms with Crippen molar-refractivity contribution in [1.82, 2.24) is 0 Å². The lowest BCUT2D eigenvalue weighted by molar-refractivity contribution is -0.179. The largest absolute Gasteiger partial charge is 0.481 e. The average Bonchev–Trinajstić information content (AvgIpc) is 3.15. The van der Waals surface area contributed by atoms with Crippen molar-refractivity contribution in [2.45, 2.75) is 77.9 Å². The second-order valence-electron chi connectivity index (χ2n) is 10.1. The SMILES string of the molecule is CC(C)(C(=O)O)C1CCC23CC(CCC2C1(C)CC(=O)O)C1(C)OC31. The second kappa shape index (κ2) is 4.79. The van der Waals surface area contributed by atoms with Crippen molar-refractivity contribution in [1.29, 1.82) is 0 Å². The van der Waals surface area contributed by atoms with E-state index >= 15 is 0 Å². The smallest absolute Gasteiger partial charge is 0.309 e. The summed E-state index contributed by atoms with van der Waals surface area (Å²) in [5.41, 5.74) is -1.37. The Bertz CT molecular complexity index is 642. The van der Waals surface area contributed by atoms with Crippen LogP contribution in [-0.2, 0) is 14.3 Å². The van der Waals surface area contributed by atoms with Crippen molar-refractivity contribution in [3.8, 4) is 0 Å². The van der Waals surface area contributed by atoms with E-state index < -0.39 is 22.8 Å². The van der Waals surface area contributed by atoms with Gasteiger partial charge in [0.15, 0.2) is 0 Å². The third kappa shape index (κ3) is 1.99. The monoisotopic (exact) mass is 350 g/mol. The third-order valence-corrected chi connectivity index (χ3v) is 8.74. The first-order chi connectivity index (χ1) is 11.5. The molecular weight excluding hydrogens is 320 g/mol. The normalized spacial score (nSPS) is 50.7. The maximum absolute atomic E-state index is 12.0. The zero-order valence-electron chi connectivity index (χ0n) is 15.7. The summed E-state index contributed by atoms with van der Waals surface area (Å²) in [6.07, 6.45) is 5.28. The number of epoxide rings is 1. The Kier molecular flexibility index (Phi) is 3.32. The van der Waals surface area contributed by atoms with Gasteiger partial charge in [0.25, 0.3) is 0 Å². The molecule has 2 bridgehead atoms. The molecule has 3 aliphatic carbocycles. The third-order valence-electron chi connectivity index (χ3n) is 8.74.